The maximum atomic E-state index is 13.2. The first-order valence-electron chi connectivity index (χ1n) is 9.41. The standard InChI is InChI=1S/C20H29F2N3O.2ClH/c1-19(2,3)14-4-6-16(7-5-14)25-10-8-15(9-11-25)24-18(26)17-12-20(21,22)13-23-17;;/h4-7,15,17,23H,8-13H2,1-3H3,(H,24,26);2*1H. The first-order valence-corrected chi connectivity index (χ1v) is 9.41. The van der Waals surface area contributed by atoms with E-state index in [1.807, 2.05) is 0 Å². The molecule has 2 aliphatic heterocycles. The van der Waals surface area contributed by atoms with Crippen LogP contribution in [0.5, 0.6) is 0 Å². The molecular weight excluding hydrogens is 407 g/mol. The molecule has 160 valence electrons. The molecule has 1 aromatic rings. The van der Waals surface area contributed by atoms with Crippen LogP contribution in [0.25, 0.3) is 0 Å². The number of nitrogens with zero attached hydrogens (tertiary/aromatic N) is 1. The maximum Gasteiger partial charge on any atom is 0.262 e. The van der Waals surface area contributed by atoms with Crippen LogP contribution in [0.1, 0.15) is 45.6 Å². The van der Waals surface area contributed by atoms with E-state index in [1.165, 1.54) is 11.3 Å². The lowest BCUT2D eigenvalue weighted by Gasteiger charge is -2.34. The van der Waals surface area contributed by atoms with Crippen LogP contribution in [0.4, 0.5) is 14.5 Å². The molecule has 28 heavy (non-hydrogen) atoms. The Morgan fingerprint density at radius 3 is 2.18 bits per heavy atom. The van der Waals surface area contributed by atoms with E-state index in [-0.39, 0.29) is 42.2 Å². The fourth-order valence-corrected chi connectivity index (χ4v) is 3.66. The van der Waals surface area contributed by atoms with E-state index < -0.39 is 24.9 Å². The van der Waals surface area contributed by atoms with Gasteiger partial charge in [-0.25, -0.2) is 8.78 Å². The molecule has 0 bridgehead atoms. The maximum absolute atomic E-state index is 13.2. The molecule has 1 amide bonds. The Morgan fingerprint density at radius 2 is 1.71 bits per heavy atom. The van der Waals surface area contributed by atoms with Crippen LogP contribution < -0.4 is 15.5 Å². The Balaban J connectivity index is 0.00000196. The fourth-order valence-electron chi connectivity index (χ4n) is 3.66. The zero-order valence-corrected chi connectivity index (χ0v) is 18.3. The number of piperidine rings is 1. The summed E-state index contributed by atoms with van der Waals surface area (Å²) < 4.78 is 26.5. The van der Waals surface area contributed by atoms with Crippen LogP contribution >= 0.6 is 24.8 Å². The zero-order valence-electron chi connectivity index (χ0n) is 16.6. The van der Waals surface area contributed by atoms with Crippen molar-refractivity contribution in [2.45, 2.75) is 63.5 Å². The van der Waals surface area contributed by atoms with Gasteiger partial charge in [0.25, 0.3) is 5.92 Å². The number of anilines is 1. The molecular formula is C20H31Cl2F2N3O. The highest BCUT2D eigenvalue weighted by Gasteiger charge is 2.42. The second-order valence-electron chi connectivity index (χ2n) is 8.56. The average Bonchev–Trinajstić information content (AvgIpc) is 2.95. The number of amides is 1. The van der Waals surface area contributed by atoms with E-state index in [4.69, 9.17) is 0 Å². The van der Waals surface area contributed by atoms with Gasteiger partial charge in [0, 0.05) is 31.2 Å². The van der Waals surface area contributed by atoms with Crippen molar-refractivity contribution in [3.8, 4) is 0 Å². The largest absolute Gasteiger partial charge is 0.371 e. The molecule has 2 heterocycles. The smallest absolute Gasteiger partial charge is 0.262 e. The molecule has 2 N–H and O–H groups in total. The molecule has 2 saturated heterocycles. The third-order valence-corrected chi connectivity index (χ3v) is 5.37. The van der Waals surface area contributed by atoms with Crippen LogP contribution in [0, 0.1) is 0 Å². The van der Waals surface area contributed by atoms with E-state index in [0.29, 0.717) is 0 Å². The number of halogens is 4. The molecule has 0 aromatic heterocycles. The van der Waals surface area contributed by atoms with E-state index in [1.54, 1.807) is 0 Å². The molecule has 0 spiro atoms. The minimum absolute atomic E-state index is 0. The minimum Gasteiger partial charge on any atom is -0.371 e. The number of hydrogen-bond donors (Lipinski definition) is 2. The Morgan fingerprint density at radius 1 is 1.14 bits per heavy atom. The van der Waals surface area contributed by atoms with Gasteiger partial charge in [-0.15, -0.1) is 24.8 Å². The lowest BCUT2D eigenvalue weighted by atomic mass is 9.87. The van der Waals surface area contributed by atoms with Crippen molar-refractivity contribution in [3.05, 3.63) is 29.8 Å². The summed E-state index contributed by atoms with van der Waals surface area (Å²) in [6.07, 6.45) is 1.25. The number of hydrogen-bond acceptors (Lipinski definition) is 3. The van der Waals surface area contributed by atoms with Crippen LogP contribution in [0.2, 0.25) is 0 Å². The minimum atomic E-state index is -2.77. The first-order chi connectivity index (χ1) is 12.1. The molecule has 4 nitrogen and oxygen atoms in total. The SMILES string of the molecule is CC(C)(C)c1ccc(N2CCC(NC(=O)C3CC(F)(F)CN3)CC2)cc1.Cl.Cl. The van der Waals surface area contributed by atoms with Gasteiger partial charge in [-0.1, -0.05) is 32.9 Å². The quantitative estimate of drug-likeness (QED) is 0.752. The zero-order chi connectivity index (χ0) is 18.9. The van der Waals surface area contributed by atoms with Crippen molar-refractivity contribution in [3.63, 3.8) is 0 Å². The number of benzene rings is 1. The fraction of sp³-hybridized carbons (Fsp3) is 0.650. The van der Waals surface area contributed by atoms with E-state index in [2.05, 4.69) is 60.6 Å². The highest BCUT2D eigenvalue weighted by Crippen LogP contribution is 2.27. The molecule has 1 atom stereocenters. The van der Waals surface area contributed by atoms with Crippen molar-refractivity contribution in [1.29, 1.82) is 0 Å². The van der Waals surface area contributed by atoms with Gasteiger partial charge >= 0.3 is 0 Å². The highest BCUT2D eigenvalue weighted by molar-refractivity contribution is 5.85. The predicted octanol–water partition coefficient (Wildman–Crippen LogP) is 3.91. The molecule has 3 rings (SSSR count). The van der Waals surface area contributed by atoms with Crippen molar-refractivity contribution in [1.82, 2.24) is 10.6 Å². The molecule has 1 unspecified atom stereocenters. The highest BCUT2D eigenvalue weighted by atomic mass is 35.5. The normalized spacial score (nSPS) is 22.2. The molecule has 0 saturated carbocycles. The van der Waals surface area contributed by atoms with Crippen LogP contribution in [0.3, 0.4) is 0 Å². The van der Waals surface area contributed by atoms with Crippen LogP contribution in [-0.2, 0) is 10.2 Å². The van der Waals surface area contributed by atoms with Gasteiger partial charge < -0.3 is 10.2 Å². The van der Waals surface area contributed by atoms with Gasteiger partial charge in [0.1, 0.15) is 0 Å². The van der Waals surface area contributed by atoms with Crippen molar-refractivity contribution in [2.75, 3.05) is 24.5 Å². The molecule has 0 aliphatic carbocycles. The van der Waals surface area contributed by atoms with Crippen LogP contribution in [0.15, 0.2) is 24.3 Å². The molecule has 2 fully saturated rings. The average molecular weight is 438 g/mol. The van der Waals surface area contributed by atoms with Crippen molar-refractivity contribution < 1.29 is 13.6 Å². The third kappa shape index (κ3) is 6.19. The van der Waals surface area contributed by atoms with Gasteiger partial charge in [-0.3, -0.25) is 10.1 Å². The summed E-state index contributed by atoms with van der Waals surface area (Å²) >= 11 is 0. The number of alkyl halides is 2. The Kier molecular flexibility index (Phi) is 8.54. The second kappa shape index (κ2) is 9.59. The Hall–Kier alpha value is -1.11. The number of carbonyl (C=O) groups is 1. The summed E-state index contributed by atoms with van der Waals surface area (Å²) in [6.45, 7) is 7.90. The van der Waals surface area contributed by atoms with E-state index in [0.717, 1.165) is 25.9 Å². The predicted molar refractivity (Wildman–Crippen MR) is 114 cm³/mol. The summed E-state index contributed by atoms with van der Waals surface area (Å²) in [7, 11) is 0. The van der Waals surface area contributed by atoms with Crippen LogP contribution in [-0.4, -0.2) is 43.5 Å². The summed E-state index contributed by atoms with van der Waals surface area (Å²) in [5, 5.41) is 5.55. The lowest BCUT2D eigenvalue weighted by Crippen LogP contribution is -2.49. The lowest BCUT2D eigenvalue weighted by molar-refractivity contribution is -0.124. The van der Waals surface area contributed by atoms with Gasteiger partial charge in [-0.05, 0) is 36.0 Å². The van der Waals surface area contributed by atoms with E-state index >= 15 is 0 Å². The molecule has 0 radical (unpaired) electrons. The number of rotatable bonds is 3. The summed E-state index contributed by atoms with van der Waals surface area (Å²) in [6, 6.07) is 7.95. The third-order valence-electron chi connectivity index (χ3n) is 5.37. The summed E-state index contributed by atoms with van der Waals surface area (Å²) in [5.74, 6) is -3.07. The van der Waals surface area contributed by atoms with Gasteiger partial charge in [0.15, 0.2) is 0 Å². The second-order valence-corrected chi connectivity index (χ2v) is 8.56. The number of carbonyl (C=O) groups excluding carboxylic acids is 1. The summed E-state index contributed by atoms with van der Waals surface area (Å²) in [5.41, 5.74) is 2.64. The van der Waals surface area contributed by atoms with Gasteiger partial charge in [0.05, 0.1) is 12.6 Å². The molecule has 8 heteroatoms. The Bertz CT molecular complexity index is 642. The van der Waals surface area contributed by atoms with Gasteiger partial charge in [-0.2, -0.15) is 0 Å². The Labute approximate surface area is 178 Å². The topological polar surface area (TPSA) is 44.4 Å². The molecule has 1 aromatic carbocycles. The van der Waals surface area contributed by atoms with E-state index in [9.17, 15) is 13.6 Å². The summed E-state index contributed by atoms with van der Waals surface area (Å²) in [4.78, 5) is 14.5. The molecule has 2 aliphatic rings. The first kappa shape index (κ1) is 24.9. The van der Waals surface area contributed by atoms with Crippen molar-refractivity contribution >= 4 is 36.4 Å². The number of nitrogens with one attached hydrogen (secondary N) is 2. The van der Waals surface area contributed by atoms with Crippen molar-refractivity contribution in [2.24, 2.45) is 0 Å². The van der Waals surface area contributed by atoms with Gasteiger partial charge in [0.2, 0.25) is 5.91 Å². The monoisotopic (exact) mass is 437 g/mol.